The van der Waals surface area contributed by atoms with Crippen LogP contribution in [0.5, 0.6) is 0 Å². The van der Waals surface area contributed by atoms with Crippen molar-refractivity contribution in [3.63, 3.8) is 0 Å². The van der Waals surface area contributed by atoms with Crippen molar-refractivity contribution in [1.29, 1.82) is 0 Å². The molecule has 1 aromatic carbocycles. The van der Waals surface area contributed by atoms with Crippen LogP contribution in [-0.2, 0) is 14.3 Å². The Morgan fingerprint density at radius 1 is 1.33 bits per heavy atom. The summed E-state index contributed by atoms with van der Waals surface area (Å²) in [6.07, 6.45) is 4.50. The maximum atomic E-state index is 11.4. The van der Waals surface area contributed by atoms with Gasteiger partial charge in [-0.25, -0.2) is 4.79 Å². The van der Waals surface area contributed by atoms with Crippen LogP contribution in [0.4, 0.5) is 5.69 Å². The summed E-state index contributed by atoms with van der Waals surface area (Å²) in [5.41, 5.74) is 0.846. The molecule has 2 heterocycles. The molecule has 0 fully saturated rings. The number of esters is 1. The highest BCUT2D eigenvalue weighted by Crippen LogP contribution is 2.34. The first kappa shape index (κ1) is 15.6. The fourth-order valence-electron chi connectivity index (χ4n) is 1.86. The Labute approximate surface area is 127 Å². The van der Waals surface area contributed by atoms with Crippen molar-refractivity contribution in [3.8, 4) is 0 Å². The Morgan fingerprint density at radius 2 is 2.14 bits per heavy atom. The highest BCUT2D eigenvalue weighted by atomic mass is 32.2. The van der Waals surface area contributed by atoms with Crippen molar-refractivity contribution in [2.75, 3.05) is 18.5 Å². The predicted molar refractivity (Wildman–Crippen MR) is 81.1 cm³/mol. The minimum atomic E-state index is -0.216. The number of nitrogens with one attached hydrogen (secondary N) is 1. The van der Waals surface area contributed by atoms with Gasteiger partial charge in [0, 0.05) is 29.1 Å². The van der Waals surface area contributed by atoms with E-state index >= 15 is 0 Å². The molecule has 6 heteroatoms. The predicted octanol–water partition coefficient (Wildman–Crippen LogP) is 1.97. The van der Waals surface area contributed by atoms with Crippen molar-refractivity contribution in [1.82, 2.24) is 0 Å². The first-order valence-corrected chi connectivity index (χ1v) is 7.56. The van der Waals surface area contributed by atoms with E-state index in [0.29, 0.717) is 13.0 Å². The molecule has 0 spiro atoms. The van der Waals surface area contributed by atoms with E-state index < -0.39 is 0 Å². The Kier molecular flexibility index (Phi) is 5.83. The number of para-hydroxylation sites is 1. The molecule has 1 unspecified atom stereocenters. The molecule has 21 heavy (non-hydrogen) atoms. The summed E-state index contributed by atoms with van der Waals surface area (Å²) >= 11 is 1.55. The van der Waals surface area contributed by atoms with Crippen molar-refractivity contribution in [2.45, 2.75) is 23.0 Å². The van der Waals surface area contributed by atoms with Crippen LogP contribution in [0.25, 0.3) is 0 Å². The fourth-order valence-corrected chi connectivity index (χ4v) is 2.93. The molecule has 5 nitrogen and oxygen atoms in total. The van der Waals surface area contributed by atoms with Gasteiger partial charge in [0.25, 0.3) is 0 Å². The number of fused-ring (bicyclic) bond motifs is 1. The number of ether oxygens (including phenoxy) is 1. The highest BCUT2D eigenvalue weighted by Gasteiger charge is 2.20. The summed E-state index contributed by atoms with van der Waals surface area (Å²) in [6.45, 7) is 0.585. The number of benzene rings is 1. The lowest BCUT2D eigenvalue weighted by Gasteiger charge is -2.08. The summed E-state index contributed by atoms with van der Waals surface area (Å²) in [6, 6.07) is 7.64. The largest absolute Gasteiger partial charge is 0.462 e. The molecule has 1 atom stereocenters. The zero-order chi connectivity index (χ0) is 15.1. The van der Waals surface area contributed by atoms with Gasteiger partial charge in [0.15, 0.2) is 0 Å². The molecule has 2 aliphatic heterocycles. The van der Waals surface area contributed by atoms with Crippen molar-refractivity contribution in [2.24, 2.45) is 0 Å². The van der Waals surface area contributed by atoms with Gasteiger partial charge in [0.1, 0.15) is 0 Å². The zero-order valence-corrected chi connectivity index (χ0v) is 12.3. The van der Waals surface area contributed by atoms with Crippen LogP contribution < -0.4 is 5.32 Å². The summed E-state index contributed by atoms with van der Waals surface area (Å²) < 4.78 is 4.55. The third-order valence-corrected chi connectivity index (χ3v) is 4.11. The number of carbonyl (C=O) groups excluding carboxylic acids is 2. The summed E-state index contributed by atoms with van der Waals surface area (Å²) in [4.78, 5) is 22.6. The van der Waals surface area contributed by atoms with E-state index in [2.05, 4.69) is 10.1 Å². The maximum absolute atomic E-state index is 11.4. The van der Waals surface area contributed by atoms with Crippen LogP contribution in [0, 0.1) is 0 Å². The molecule has 0 aliphatic carbocycles. The number of anilines is 1. The molecule has 2 N–H and O–H groups in total. The van der Waals surface area contributed by atoms with Crippen molar-refractivity contribution >= 4 is 29.3 Å². The number of cyclic esters (lactones) is 1. The standard InChI is InChI=1S/C10H11NO2S.C5H6O2/c12-6-7-5-10(13)11-8-3-1-2-4-9(8)14-7;6-5-3-1-2-4-7-5/h1-4,7,12H,5-6H2,(H,11,13);1,3H,2,4H2. The van der Waals surface area contributed by atoms with E-state index in [9.17, 15) is 9.59 Å². The summed E-state index contributed by atoms with van der Waals surface area (Å²) in [5.74, 6) is -0.243. The first-order valence-electron chi connectivity index (χ1n) is 6.68. The monoisotopic (exact) mass is 307 g/mol. The number of hydrogen-bond acceptors (Lipinski definition) is 5. The van der Waals surface area contributed by atoms with Gasteiger partial charge in [-0.15, -0.1) is 11.8 Å². The highest BCUT2D eigenvalue weighted by molar-refractivity contribution is 8.00. The smallest absolute Gasteiger partial charge is 0.330 e. The molecule has 112 valence electrons. The van der Waals surface area contributed by atoms with Crippen molar-refractivity contribution in [3.05, 3.63) is 36.4 Å². The van der Waals surface area contributed by atoms with Crippen molar-refractivity contribution < 1.29 is 19.4 Å². The Morgan fingerprint density at radius 3 is 2.76 bits per heavy atom. The normalized spacial score (nSPS) is 20.3. The van der Waals surface area contributed by atoms with Gasteiger partial charge in [-0.05, 0) is 12.1 Å². The molecule has 0 saturated heterocycles. The second kappa shape index (κ2) is 7.85. The number of hydrogen-bond donors (Lipinski definition) is 2. The van der Waals surface area contributed by atoms with Gasteiger partial charge in [-0.1, -0.05) is 18.2 Å². The Balaban J connectivity index is 0.000000194. The summed E-state index contributed by atoms with van der Waals surface area (Å²) in [7, 11) is 0. The first-order chi connectivity index (χ1) is 10.2. The second-order valence-electron chi connectivity index (χ2n) is 4.53. The Bertz CT molecular complexity index is 544. The molecule has 0 radical (unpaired) electrons. The minimum absolute atomic E-state index is 0.0264. The number of rotatable bonds is 1. The van der Waals surface area contributed by atoms with Gasteiger partial charge in [-0.3, -0.25) is 4.79 Å². The molecule has 0 aromatic heterocycles. The topological polar surface area (TPSA) is 75.6 Å². The zero-order valence-electron chi connectivity index (χ0n) is 11.5. The van der Waals surface area contributed by atoms with Crippen LogP contribution in [-0.4, -0.2) is 35.4 Å². The molecule has 0 saturated carbocycles. The molecule has 3 rings (SSSR count). The number of thioether (sulfide) groups is 1. The number of aliphatic hydroxyl groups excluding tert-OH is 1. The third-order valence-electron chi connectivity index (χ3n) is 2.85. The van der Waals surface area contributed by atoms with Gasteiger partial charge < -0.3 is 15.2 Å². The van der Waals surface area contributed by atoms with Crippen LogP contribution >= 0.6 is 11.8 Å². The number of amides is 1. The van der Waals surface area contributed by atoms with E-state index in [0.717, 1.165) is 17.0 Å². The van der Waals surface area contributed by atoms with Gasteiger partial charge in [-0.2, -0.15) is 0 Å². The molecule has 1 amide bonds. The van der Waals surface area contributed by atoms with Gasteiger partial charge in [0.2, 0.25) is 5.91 Å². The average Bonchev–Trinajstić information content (AvgIpc) is 2.66. The molecule has 0 bridgehead atoms. The van der Waals surface area contributed by atoms with Crippen LogP contribution in [0.3, 0.4) is 0 Å². The fraction of sp³-hybridized carbons (Fsp3) is 0.333. The van der Waals surface area contributed by atoms with E-state index in [1.165, 1.54) is 6.08 Å². The van der Waals surface area contributed by atoms with E-state index in [1.807, 2.05) is 30.3 Å². The van der Waals surface area contributed by atoms with Crippen LogP contribution in [0.1, 0.15) is 12.8 Å². The van der Waals surface area contributed by atoms with Crippen LogP contribution in [0.15, 0.2) is 41.3 Å². The third kappa shape index (κ3) is 4.91. The molecule has 2 aliphatic rings. The van der Waals surface area contributed by atoms with Gasteiger partial charge in [0.05, 0.1) is 18.9 Å². The Hall–Kier alpha value is -1.79. The van der Waals surface area contributed by atoms with E-state index in [4.69, 9.17) is 5.11 Å². The average molecular weight is 307 g/mol. The maximum Gasteiger partial charge on any atom is 0.330 e. The summed E-state index contributed by atoms with van der Waals surface area (Å²) in [5, 5.41) is 11.8. The minimum Gasteiger partial charge on any atom is -0.462 e. The van der Waals surface area contributed by atoms with E-state index in [-0.39, 0.29) is 23.7 Å². The lowest BCUT2D eigenvalue weighted by atomic mass is 10.3. The van der Waals surface area contributed by atoms with Gasteiger partial charge >= 0.3 is 5.97 Å². The second-order valence-corrected chi connectivity index (χ2v) is 5.87. The number of aliphatic hydroxyl groups is 1. The lowest BCUT2D eigenvalue weighted by molar-refractivity contribution is -0.138. The molecule has 1 aromatic rings. The quantitative estimate of drug-likeness (QED) is 0.776. The van der Waals surface area contributed by atoms with E-state index in [1.54, 1.807) is 11.8 Å². The SMILES string of the molecule is O=C1C=CCCO1.O=C1CC(CO)Sc2ccccc2N1. The van der Waals surface area contributed by atoms with Crippen LogP contribution in [0.2, 0.25) is 0 Å². The number of carbonyl (C=O) groups is 2. The molecular formula is C15H17NO4S. The lowest BCUT2D eigenvalue weighted by Crippen LogP contribution is -2.17. The molecular weight excluding hydrogens is 290 g/mol.